The van der Waals surface area contributed by atoms with Gasteiger partial charge in [0, 0.05) is 33.4 Å². The van der Waals surface area contributed by atoms with Crippen LogP contribution in [0.2, 0.25) is 0 Å². The third-order valence-corrected chi connectivity index (χ3v) is 7.65. The first-order chi connectivity index (χ1) is 16.8. The Balaban J connectivity index is 1.65. The molecule has 2 aromatic carbocycles. The second-order valence-corrected chi connectivity index (χ2v) is 10.7. The average molecular weight is 546 g/mol. The number of halogens is 1. The predicted molar refractivity (Wildman–Crippen MR) is 151 cm³/mol. The van der Waals surface area contributed by atoms with Crippen LogP contribution >= 0.6 is 28.1 Å². The number of nitrogens with one attached hydrogen (secondary N) is 1. The third kappa shape index (κ3) is 4.41. The highest BCUT2D eigenvalue weighted by Gasteiger charge is 2.42. The molecule has 0 amide bonds. The van der Waals surface area contributed by atoms with Crippen molar-refractivity contribution in [3.63, 3.8) is 0 Å². The fourth-order valence-electron chi connectivity index (χ4n) is 5.04. The topological polar surface area (TPSA) is 33.1 Å². The van der Waals surface area contributed by atoms with Crippen LogP contribution in [0.3, 0.4) is 0 Å². The van der Waals surface area contributed by atoms with Gasteiger partial charge in [-0.3, -0.25) is 4.98 Å². The minimum Gasteiger partial charge on any atom is -0.351 e. The predicted octanol–water partition coefficient (Wildman–Crippen LogP) is 7.55. The van der Waals surface area contributed by atoms with Crippen molar-refractivity contribution in [1.82, 2.24) is 14.9 Å². The Morgan fingerprint density at radius 3 is 2.26 bits per heavy atom. The number of hydrogen-bond donors (Lipinski definition) is 1. The van der Waals surface area contributed by atoms with Crippen LogP contribution in [0.1, 0.15) is 60.1 Å². The van der Waals surface area contributed by atoms with Crippen molar-refractivity contribution in [2.75, 3.05) is 4.90 Å². The molecule has 4 aromatic rings. The maximum atomic E-state index is 5.93. The summed E-state index contributed by atoms with van der Waals surface area (Å²) in [6.07, 6.45) is 1.85. The van der Waals surface area contributed by atoms with Gasteiger partial charge < -0.3 is 14.8 Å². The molecule has 0 radical (unpaired) electrons. The standard InChI is InChI=1S/C29H29BrN4S/c1-18(2)21-8-12-24(13-9-21)34-28(27(32-29(34)35)26-7-5-6-16-31-26)25-17-19(3)33(20(25)4)23-14-10-22(30)11-15-23/h5-18,27-28H,1-4H3,(H,32,35)/t27-,28-/m0/s1. The molecule has 0 spiro atoms. The van der Waals surface area contributed by atoms with E-state index in [9.17, 15) is 0 Å². The van der Waals surface area contributed by atoms with Crippen LogP contribution < -0.4 is 10.2 Å². The van der Waals surface area contributed by atoms with Gasteiger partial charge in [-0.25, -0.2) is 0 Å². The summed E-state index contributed by atoms with van der Waals surface area (Å²) in [5.41, 5.74) is 8.15. The molecule has 4 nitrogen and oxygen atoms in total. The number of anilines is 1. The molecule has 2 aromatic heterocycles. The SMILES string of the molecule is Cc1cc([C@H]2[C@H](c3ccccn3)NC(=S)N2c2ccc(C(C)C)cc2)c(C)n1-c1ccc(Br)cc1. The first-order valence-electron chi connectivity index (χ1n) is 11.9. The van der Waals surface area contributed by atoms with E-state index in [0.29, 0.717) is 5.92 Å². The van der Waals surface area contributed by atoms with E-state index < -0.39 is 0 Å². The zero-order chi connectivity index (χ0) is 24.7. The number of rotatable bonds is 5. The molecule has 0 bridgehead atoms. The molecule has 0 aliphatic carbocycles. The summed E-state index contributed by atoms with van der Waals surface area (Å²) in [7, 11) is 0. The molecule has 3 heterocycles. The molecule has 1 saturated heterocycles. The lowest BCUT2D eigenvalue weighted by molar-refractivity contribution is 0.565. The average Bonchev–Trinajstić information content (AvgIpc) is 3.35. The lowest BCUT2D eigenvalue weighted by Crippen LogP contribution is -2.29. The highest BCUT2D eigenvalue weighted by atomic mass is 79.9. The molecule has 5 rings (SSSR count). The highest BCUT2D eigenvalue weighted by Crippen LogP contribution is 2.44. The van der Waals surface area contributed by atoms with Crippen molar-refractivity contribution in [2.45, 2.75) is 45.7 Å². The lowest BCUT2D eigenvalue weighted by Gasteiger charge is -2.28. The summed E-state index contributed by atoms with van der Waals surface area (Å²) in [4.78, 5) is 6.96. The smallest absolute Gasteiger partial charge is 0.174 e. The summed E-state index contributed by atoms with van der Waals surface area (Å²) >= 11 is 9.48. The van der Waals surface area contributed by atoms with Crippen LogP contribution in [-0.2, 0) is 0 Å². The van der Waals surface area contributed by atoms with Crippen molar-refractivity contribution >= 4 is 38.9 Å². The van der Waals surface area contributed by atoms with Gasteiger partial charge in [0.2, 0.25) is 0 Å². The fourth-order valence-corrected chi connectivity index (χ4v) is 5.65. The molecule has 0 unspecified atom stereocenters. The number of pyridine rings is 1. The molecule has 1 fully saturated rings. The quantitative estimate of drug-likeness (QED) is 0.263. The first kappa shape index (κ1) is 23.8. The van der Waals surface area contributed by atoms with Crippen LogP contribution in [0.25, 0.3) is 5.69 Å². The Kier molecular flexibility index (Phi) is 6.51. The van der Waals surface area contributed by atoms with Gasteiger partial charge >= 0.3 is 0 Å². The Hall–Kier alpha value is -2.96. The van der Waals surface area contributed by atoms with Crippen LogP contribution in [-0.4, -0.2) is 14.7 Å². The summed E-state index contributed by atoms with van der Waals surface area (Å²) in [5, 5.41) is 4.31. The van der Waals surface area contributed by atoms with Crippen LogP contribution in [0, 0.1) is 13.8 Å². The molecule has 2 atom stereocenters. The molecular weight excluding hydrogens is 516 g/mol. The molecule has 6 heteroatoms. The Labute approximate surface area is 221 Å². The second-order valence-electron chi connectivity index (χ2n) is 9.38. The minimum absolute atomic E-state index is 0.0299. The van der Waals surface area contributed by atoms with Gasteiger partial charge in [-0.05, 0) is 97.7 Å². The summed E-state index contributed by atoms with van der Waals surface area (Å²) < 4.78 is 3.39. The minimum atomic E-state index is -0.0626. The van der Waals surface area contributed by atoms with E-state index in [-0.39, 0.29) is 12.1 Å². The van der Waals surface area contributed by atoms with Crippen LogP contribution in [0.15, 0.2) is 83.5 Å². The maximum absolute atomic E-state index is 5.93. The molecule has 178 valence electrons. The van der Waals surface area contributed by atoms with Crippen molar-refractivity contribution in [3.8, 4) is 5.69 Å². The van der Waals surface area contributed by atoms with Gasteiger partial charge in [-0.1, -0.05) is 48.0 Å². The number of thiocarbonyl (C=S) groups is 1. The van der Waals surface area contributed by atoms with Gasteiger partial charge in [-0.15, -0.1) is 0 Å². The summed E-state index contributed by atoms with van der Waals surface area (Å²) in [5.74, 6) is 0.481. The molecule has 0 saturated carbocycles. The number of aryl methyl sites for hydroxylation is 1. The van der Waals surface area contributed by atoms with E-state index in [1.165, 1.54) is 22.5 Å². The molecule has 35 heavy (non-hydrogen) atoms. The van der Waals surface area contributed by atoms with E-state index in [1.54, 1.807) is 0 Å². The van der Waals surface area contributed by atoms with Crippen molar-refractivity contribution in [1.29, 1.82) is 0 Å². The molecular formula is C29H29BrN4S. The number of hydrogen-bond acceptors (Lipinski definition) is 2. The van der Waals surface area contributed by atoms with Gasteiger partial charge in [0.05, 0.1) is 17.8 Å². The first-order valence-corrected chi connectivity index (χ1v) is 13.1. The van der Waals surface area contributed by atoms with E-state index in [4.69, 9.17) is 17.2 Å². The van der Waals surface area contributed by atoms with Gasteiger partial charge in [-0.2, -0.15) is 0 Å². The lowest BCUT2D eigenvalue weighted by atomic mass is 9.96. The van der Waals surface area contributed by atoms with E-state index >= 15 is 0 Å². The summed E-state index contributed by atoms with van der Waals surface area (Å²) in [6.45, 7) is 8.79. The number of aromatic nitrogens is 2. The van der Waals surface area contributed by atoms with Gasteiger partial charge in [0.25, 0.3) is 0 Å². The molecule has 1 aliphatic rings. The fraction of sp³-hybridized carbons (Fsp3) is 0.241. The largest absolute Gasteiger partial charge is 0.351 e. The number of benzene rings is 2. The van der Waals surface area contributed by atoms with Gasteiger partial charge in [0.15, 0.2) is 5.11 Å². The maximum Gasteiger partial charge on any atom is 0.174 e. The zero-order valence-electron chi connectivity index (χ0n) is 20.4. The Bertz CT molecular complexity index is 1340. The monoisotopic (exact) mass is 544 g/mol. The molecule has 1 N–H and O–H groups in total. The van der Waals surface area contributed by atoms with E-state index in [1.807, 2.05) is 18.3 Å². The van der Waals surface area contributed by atoms with Crippen LogP contribution in [0.4, 0.5) is 5.69 Å². The van der Waals surface area contributed by atoms with Crippen molar-refractivity contribution < 1.29 is 0 Å². The van der Waals surface area contributed by atoms with Crippen molar-refractivity contribution in [2.24, 2.45) is 0 Å². The normalized spacial score (nSPS) is 17.8. The van der Waals surface area contributed by atoms with E-state index in [0.717, 1.165) is 26.7 Å². The van der Waals surface area contributed by atoms with Crippen molar-refractivity contribution in [3.05, 3.63) is 112 Å². The van der Waals surface area contributed by atoms with E-state index in [2.05, 4.69) is 119 Å². The van der Waals surface area contributed by atoms with Gasteiger partial charge in [0.1, 0.15) is 0 Å². The second kappa shape index (κ2) is 9.59. The number of nitrogens with zero attached hydrogens (tertiary/aromatic N) is 3. The highest BCUT2D eigenvalue weighted by molar-refractivity contribution is 9.10. The van der Waals surface area contributed by atoms with Crippen LogP contribution in [0.5, 0.6) is 0 Å². The Morgan fingerprint density at radius 1 is 0.943 bits per heavy atom. The zero-order valence-corrected chi connectivity index (χ0v) is 22.8. The Morgan fingerprint density at radius 2 is 1.63 bits per heavy atom. The third-order valence-electron chi connectivity index (χ3n) is 6.81. The molecule has 1 aliphatic heterocycles. The summed E-state index contributed by atoms with van der Waals surface area (Å²) in [6, 6.07) is 25.5.